The summed E-state index contributed by atoms with van der Waals surface area (Å²) in [7, 11) is 0. The molecule has 0 aromatic heterocycles. The van der Waals surface area contributed by atoms with Crippen molar-refractivity contribution in [2.75, 3.05) is 6.54 Å². The number of aliphatic hydroxyl groups is 1. The van der Waals surface area contributed by atoms with Gasteiger partial charge in [0.1, 0.15) is 0 Å². The van der Waals surface area contributed by atoms with Gasteiger partial charge in [-0.05, 0) is 30.5 Å². The molecule has 19 heavy (non-hydrogen) atoms. The minimum absolute atomic E-state index is 0.262. The normalized spacial score (nSPS) is 12.0. The van der Waals surface area contributed by atoms with Gasteiger partial charge in [-0.2, -0.15) is 0 Å². The number of carbonyl (C=O) groups is 1. The molecule has 0 aliphatic heterocycles. The summed E-state index contributed by atoms with van der Waals surface area (Å²) in [6, 6.07) is 5.25. The maximum atomic E-state index is 11.5. The van der Waals surface area contributed by atoms with E-state index in [0.717, 1.165) is 10.0 Å². The van der Waals surface area contributed by atoms with Crippen LogP contribution in [0.4, 0.5) is 4.79 Å². The van der Waals surface area contributed by atoms with Crippen LogP contribution in [0.2, 0.25) is 5.02 Å². The molecule has 4 nitrogen and oxygen atoms in total. The number of rotatable bonds is 6. The summed E-state index contributed by atoms with van der Waals surface area (Å²) in [6.45, 7) is 2.73. The second-order valence-electron chi connectivity index (χ2n) is 4.20. The van der Waals surface area contributed by atoms with Crippen LogP contribution in [0.3, 0.4) is 0 Å². The number of urea groups is 1. The maximum Gasteiger partial charge on any atom is 0.315 e. The first-order chi connectivity index (χ1) is 9.02. The zero-order valence-electron chi connectivity index (χ0n) is 10.7. The summed E-state index contributed by atoms with van der Waals surface area (Å²) in [5, 5.41) is 15.4. The molecule has 1 atom stereocenters. The van der Waals surface area contributed by atoms with Crippen LogP contribution in [0.25, 0.3) is 0 Å². The highest BCUT2D eigenvalue weighted by Crippen LogP contribution is 2.20. The molecule has 106 valence electrons. The van der Waals surface area contributed by atoms with Gasteiger partial charge in [-0.25, -0.2) is 4.79 Å². The Balaban J connectivity index is 2.30. The van der Waals surface area contributed by atoms with E-state index in [1.54, 1.807) is 6.07 Å². The summed E-state index contributed by atoms with van der Waals surface area (Å²) >= 11 is 9.37. The van der Waals surface area contributed by atoms with Crippen LogP contribution < -0.4 is 10.6 Å². The summed E-state index contributed by atoms with van der Waals surface area (Å²) in [4.78, 5) is 11.5. The average molecular weight is 350 g/mol. The van der Waals surface area contributed by atoms with E-state index in [1.807, 2.05) is 19.1 Å². The van der Waals surface area contributed by atoms with Crippen molar-refractivity contribution in [3.05, 3.63) is 33.3 Å². The topological polar surface area (TPSA) is 61.4 Å². The van der Waals surface area contributed by atoms with Crippen LogP contribution in [0, 0.1) is 0 Å². The van der Waals surface area contributed by atoms with Gasteiger partial charge in [0, 0.05) is 22.6 Å². The Morgan fingerprint density at radius 3 is 2.84 bits per heavy atom. The maximum absolute atomic E-state index is 11.5. The van der Waals surface area contributed by atoms with Gasteiger partial charge in [0.05, 0.1) is 6.10 Å². The van der Waals surface area contributed by atoms with Crippen molar-refractivity contribution in [1.82, 2.24) is 10.6 Å². The molecule has 0 bridgehead atoms. The molecule has 0 saturated carbocycles. The fourth-order valence-electron chi connectivity index (χ4n) is 1.46. The number of halogens is 2. The quantitative estimate of drug-likeness (QED) is 0.739. The molecule has 0 saturated heterocycles. The summed E-state index contributed by atoms with van der Waals surface area (Å²) in [6.07, 6.45) is 0.891. The van der Waals surface area contributed by atoms with E-state index in [2.05, 4.69) is 26.6 Å². The fraction of sp³-hybridized carbons (Fsp3) is 0.462. The van der Waals surface area contributed by atoms with Crippen molar-refractivity contribution >= 4 is 33.6 Å². The molecule has 1 unspecified atom stereocenters. The number of nitrogens with one attached hydrogen (secondary N) is 2. The van der Waals surface area contributed by atoms with E-state index in [1.165, 1.54) is 0 Å². The van der Waals surface area contributed by atoms with E-state index in [-0.39, 0.29) is 12.1 Å². The molecule has 0 aliphatic carbocycles. The number of aliphatic hydroxyl groups excluding tert-OH is 1. The highest BCUT2D eigenvalue weighted by atomic mass is 79.9. The molecule has 1 aromatic carbocycles. The van der Waals surface area contributed by atoms with Crippen LogP contribution in [0.15, 0.2) is 22.7 Å². The lowest BCUT2D eigenvalue weighted by atomic mass is 10.2. The number of hydrogen-bond donors (Lipinski definition) is 3. The lowest BCUT2D eigenvalue weighted by Gasteiger charge is -2.10. The van der Waals surface area contributed by atoms with Gasteiger partial charge in [0.15, 0.2) is 0 Å². The third-order valence-electron chi connectivity index (χ3n) is 2.69. The SMILES string of the molecule is CCC(O)CCNC(=O)NCc1ccc(Br)cc1Cl. The Bertz CT molecular complexity index is 429. The Hall–Kier alpha value is -0.780. The number of carbonyl (C=O) groups excluding carboxylic acids is 1. The lowest BCUT2D eigenvalue weighted by Crippen LogP contribution is -2.36. The lowest BCUT2D eigenvalue weighted by molar-refractivity contribution is 0.160. The van der Waals surface area contributed by atoms with E-state index in [4.69, 9.17) is 11.6 Å². The van der Waals surface area contributed by atoms with E-state index >= 15 is 0 Å². The average Bonchev–Trinajstić information content (AvgIpc) is 2.37. The second kappa shape index (κ2) is 8.40. The Morgan fingerprint density at radius 1 is 1.47 bits per heavy atom. The highest BCUT2D eigenvalue weighted by molar-refractivity contribution is 9.10. The molecule has 1 aromatic rings. The number of amides is 2. The van der Waals surface area contributed by atoms with Gasteiger partial charge in [-0.15, -0.1) is 0 Å². The molecule has 1 rings (SSSR count). The largest absolute Gasteiger partial charge is 0.393 e. The van der Waals surface area contributed by atoms with Crippen molar-refractivity contribution in [3.63, 3.8) is 0 Å². The first-order valence-corrected chi connectivity index (χ1v) is 7.33. The molecular weight excluding hydrogens is 332 g/mol. The third-order valence-corrected chi connectivity index (χ3v) is 3.53. The van der Waals surface area contributed by atoms with Crippen LogP contribution in [0.1, 0.15) is 25.3 Å². The van der Waals surface area contributed by atoms with Crippen molar-refractivity contribution in [3.8, 4) is 0 Å². The smallest absolute Gasteiger partial charge is 0.315 e. The molecule has 2 amide bonds. The Kier molecular flexibility index (Phi) is 7.20. The predicted molar refractivity (Wildman–Crippen MR) is 80.3 cm³/mol. The highest BCUT2D eigenvalue weighted by Gasteiger charge is 2.05. The van der Waals surface area contributed by atoms with Crippen molar-refractivity contribution in [2.45, 2.75) is 32.4 Å². The van der Waals surface area contributed by atoms with Gasteiger partial charge >= 0.3 is 6.03 Å². The molecule has 6 heteroatoms. The molecule has 0 fully saturated rings. The van der Waals surface area contributed by atoms with Crippen LogP contribution in [-0.4, -0.2) is 23.8 Å². The van der Waals surface area contributed by atoms with Gasteiger partial charge in [0.25, 0.3) is 0 Å². The van der Waals surface area contributed by atoms with Crippen molar-refractivity contribution in [2.24, 2.45) is 0 Å². The van der Waals surface area contributed by atoms with Crippen LogP contribution >= 0.6 is 27.5 Å². The molecule has 0 spiro atoms. The Morgan fingerprint density at radius 2 is 2.21 bits per heavy atom. The standard InChI is InChI=1S/C13H18BrClN2O2/c1-2-11(18)5-6-16-13(19)17-8-9-3-4-10(14)7-12(9)15/h3-4,7,11,18H,2,5-6,8H2,1H3,(H2,16,17,19). The van der Waals surface area contributed by atoms with Gasteiger partial charge in [0.2, 0.25) is 0 Å². The van der Waals surface area contributed by atoms with Crippen LogP contribution in [-0.2, 0) is 6.54 Å². The first kappa shape index (κ1) is 16.3. The third kappa shape index (κ3) is 6.27. The van der Waals surface area contributed by atoms with Gasteiger partial charge < -0.3 is 15.7 Å². The second-order valence-corrected chi connectivity index (χ2v) is 5.52. The van der Waals surface area contributed by atoms with E-state index < -0.39 is 0 Å². The van der Waals surface area contributed by atoms with E-state index in [0.29, 0.717) is 31.0 Å². The molecule has 0 radical (unpaired) electrons. The van der Waals surface area contributed by atoms with Crippen molar-refractivity contribution < 1.29 is 9.90 Å². The predicted octanol–water partition coefficient (Wildman–Crippen LogP) is 3.06. The summed E-state index contributed by atoms with van der Waals surface area (Å²) in [5.74, 6) is 0. The van der Waals surface area contributed by atoms with Gasteiger partial charge in [-0.1, -0.05) is 40.5 Å². The number of hydrogen-bond acceptors (Lipinski definition) is 2. The zero-order chi connectivity index (χ0) is 14.3. The first-order valence-electron chi connectivity index (χ1n) is 6.16. The fourth-order valence-corrected chi connectivity index (χ4v) is 2.20. The minimum atomic E-state index is -0.360. The Labute approximate surface area is 126 Å². The summed E-state index contributed by atoms with van der Waals surface area (Å²) < 4.78 is 0.902. The zero-order valence-corrected chi connectivity index (χ0v) is 13.1. The van der Waals surface area contributed by atoms with Crippen LogP contribution in [0.5, 0.6) is 0 Å². The molecule has 0 heterocycles. The summed E-state index contributed by atoms with van der Waals surface area (Å²) in [5.41, 5.74) is 0.855. The number of benzene rings is 1. The monoisotopic (exact) mass is 348 g/mol. The van der Waals surface area contributed by atoms with E-state index in [9.17, 15) is 9.90 Å². The minimum Gasteiger partial charge on any atom is -0.393 e. The van der Waals surface area contributed by atoms with Gasteiger partial charge in [-0.3, -0.25) is 0 Å². The molecule has 3 N–H and O–H groups in total. The molecule has 0 aliphatic rings. The van der Waals surface area contributed by atoms with Crippen molar-refractivity contribution in [1.29, 1.82) is 0 Å². The molecular formula is C13H18BrClN2O2.